The van der Waals surface area contributed by atoms with Gasteiger partial charge in [-0.05, 0) is 49.1 Å². The number of fused-ring (bicyclic) bond motifs is 1. The zero-order valence-corrected chi connectivity index (χ0v) is 12.7. The number of thiol groups is 1. The molecule has 98 valence electrons. The van der Waals surface area contributed by atoms with E-state index in [0.29, 0.717) is 0 Å². The summed E-state index contributed by atoms with van der Waals surface area (Å²) < 4.78 is 0. The molecule has 2 rings (SSSR count). The number of hydrogen-bond donors (Lipinski definition) is 2. The van der Waals surface area contributed by atoms with Gasteiger partial charge in [0, 0.05) is 5.75 Å². The summed E-state index contributed by atoms with van der Waals surface area (Å²) >= 11 is 6.08. The van der Waals surface area contributed by atoms with Gasteiger partial charge in [-0.25, -0.2) is 4.98 Å². The van der Waals surface area contributed by atoms with Crippen LogP contribution in [-0.4, -0.2) is 21.5 Å². The third-order valence-electron chi connectivity index (χ3n) is 3.09. The van der Waals surface area contributed by atoms with Gasteiger partial charge in [-0.3, -0.25) is 0 Å². The lowest BCUT2D eigenvalue weighted by atomic mass is 10.1. The van der Waals surface area contributed by atoms with Crippen molar-refractivity contribution in [2.24, 2.45) is 5.92 Å². The fourth-order valence-corrected chi connectivity index (χ4v) is 3.39. The Bertz CT molecular complexity index is 507. The second-order valence-electron chi connectivity index (χ2n) is 4.82. The van der Waals surface area contributed by atoms with E-state index >= 15 is 0 Å². The first kappa shape index (κ1) is 13.8. The van der Waals surface area contributed by atoms with Gasteiger partial charge >= 0.3 is 0 Å². The van der Waals surface area contributed by atoms with E-state index in [2.05, 4.69) is 54.6 Å². The molecular weight excluding hydrogens is 260 g/mol. The number of hydrogen-bond acceptors (Lipinski definition) is 3. The van der Waals surface area contributed by atoms with Crippen LogP contribution in [0, 0.1) is 12.8 Å². The highest BCUT2D eigenvalue weighted by Crippen LogP contribution is 2.22. The maximum absolute atomic E-state index is 4.59. The van der Waals surface area contributed by atoms with Crippen LogP contribution in [0.5, 0.6) is 0 Å². The van der Waals surface area contributed by atoms with E-state index in [-0.39, 0.29) is 0 Å². The summed E-state index contributed by atoms with van der Waals surface area (Å²) in [4.78, 5) is 7.97. The van der Waals surface area contributed by atoms with Crippen LogP contribution >= 0.6 is 24.4 Å². The number of aromatic amines is 1. The van der Waals surface area contributed by atoms with E-state index < -0.39 is 0 Å². The van der Waals surface area contributed by atoms with E-state index in [1.165, 1.54) is 18.4 Å². The standard InChI is InChI=1S/C14H20N2S2/c1-10(5-7-17)6-8-18-14-15-12-4-3-11(2)9-13(12)16-14/h3-4,9-10,17H,5-8H2,1-2H3,(H,15,16). The fourth-order valence-electron chi connectivity index (χ4n) is 1.89. The quantitative estimate of drug-likeness (QED) is 0.610. The molecule has 1 unspecified atom stereocenters. The number of rotatable bonds is 6. The van der Waals surface area contributed by atoms with Gasteiger partial charge in [0.05, 0.1) is 11.0 Å². The van der Waals surface area contributed by atoms with Gasteiger partial charge in [-0.1, -0.05) is 24.8 Å². The lowest BCUT2D eigenvalue weighted by molar-refractivity contribution is 0.554. The number of aryl methyl sites for hydroxylation is 1. The Morgan fingerprint density at radius 3 is 3.00 bits per heavy atom. The number of imidazole rings is 1. The second kappa shape index (κ2) is 6.53. The monoisotopic (exact) mass is 280 g/mol. The number of benzene rings is 1. The van der Waals surface area contributed by atoms with Crippen molar-refractivity contribution in [2.75, 3.05) is 11.5 Å². The summed E-state index contributed by atoms with van der Waals surface area (Å²) in [6.45, 7) is 4.39. The fraction of sp³-hybridized carbons (Fsp3) is 0.500. The molecule has 0 amide bonds. The van der Waals surface area contributed by atoms with Gasteiger partial charge in [0.25, 0.3) is 0 Å². The van der Waals surface area contributed by atoms with E-state index in [9.17, 15) is 0 Å². The Kier molecular flexibility index (Phi) is 5.01. The average molecular weight is 280 g/mol. The van der Waals surface area contributed by atoms with Gasteiger partial charge < -0.3 is 4.98 Å². The summed E-state index contributed by atoms with van der Waals surface area (Å²) in [5.74, 6) is 2.85. The molecule has 0 saturated heterocycles. The smallest absolute Gasteiger partial charge is 0.166 e. The summed E-state index contributed by atoms with van der Waals surface area (Å²) in [6, 6.07) is 6.33. The molecule has 0 bridgehead atoms. The highest BCUT2D eigenvalue weighted by atomic mass is 32.2. The van der Waals surface area contributed by atoms with Gasteiger partial charge in [0.1, 0.15) is 0 Å². The van der Waals surface area contributed by atoms with Crippen molar-refractivity contribution in [3.63, 3.8) is 0 Å². The molecule has 2 nitrogen and oxygen atoms in total. The van der Waals surface area contributed by atoms with Crippen LogP contribution in [0.4, 0.5) is 0 Å². The molecule has 1 N–H and O–H groups in total. The molecule has 1 atom stereocenters. The lowest BCUT2D eigenvalue weighted by Gasteiger charge is -2.07. The number of H-pyrrole nitrogens is 1. The van der Waals surface area contributed by atoms with Gasteiger partial charge in [0.15, 0.2) is 5.16 Å². The van der Waals surface area contributed by atoms with E-state index in [4.69, 9.17) is 0 Å². The minimum absolute atomic E-state index is 0.752. The molecule has 0 radical (unpaired) electrons. The van der Waals surface area contributed by atoms with Crippen LogP contribution in [0.1, 0.15) is 25.3 Å². The first-order valence-corrected chi connectivity index (χ1v) is 8.01. The molecule has 18 heavy (non-hydrogen) atoms. The molecule has 0 saturated carbocycles. The summed E-state index contributed by atoms with van der Waals surface area (Å²) in [5, 5.41) is 1.04. The molecule has 1 heterocycles. The van der Waals surface area contributed by atoms with Crippen LogP contribution in [0.25, 0.3) is 11.0 Å². The first-order chi connectivity index (χ1) is 8.69. The highest BCUT2D eigenvalue weighted by molar-refractivity contribution is 7.99. The van der Waals surface area contributed by atoms with Crippen molar-refractivity contribution in [1.82, 2.24) is 9.97 Å². The maximum atomic E-state index is 4.59. The third-order valence-corrected chi connectivity index (χ3v) is 4.25. The van der Waals surface area contributed by atoms with Gasteiger partial charge in [0.2, 0.25) is 0 Å². The molecule has 1 aromatic heterocycles. The zero-order chi connectivity index (χ0) is 13.0. The van der Waals surface area contributed by atoms with Crippen LogP contribution in [0.3, 0.4) is 0 Å². The average Bonchev–Trinajstić information content (AvgIpc) is 2.71. The number of aromatic nitrogens is 2. The summed E-state index contributed by atoms with van der Waals surface area (Å²) in [7, 11) is 0. The van der Waals surface area contributed by atoms with Crippen molar-refractivity contribution in [2.45, 2.75) is 31.8 Å². The van der Waals surface area contributed by atoms with Crippen molar-refractivity contribution in [3.8, 4) is 0 Å². The summed E-state index contributed by atoms with van der Waals surface area (Å²) in [5.41, 5.74) is 3.47. The Morgan fingerprint density at radius 1 is 1.39 bits per heavy atom. The van der Waals surface area contributed by atoms with Crippen LogP contribution < -0.4 is 0 Å². The topological polar surface area (TPSA) is 28.7 Å². The molecule has 0 aliphatic rings. The molecule has 0 aliphatic heterocycles. The first-order valence-electron chi connectivity index (χ1n) is 6.39. The Balaban J connectivity index is 1.92. The molecule has 0 aliphatic carbocycles. The van der Waals surface area contributed by atoms with Crippen molar-refractivity contribution in [1.29, 1.82) is 0 Å². The highest BCUT2D eigenvalue weighted by Gasteiger charge is 2.05. The zero-order valence-electron chi connectivity index (χ0n) is 10.9. The Hall–Kier alpha value is -0.610. The number of nitrogens with one attached hydrogen (secondary N) is 1. The Labute approximate surface area is 118 Å². The number of nitrogens with zero attached hydrogens (tertiary/aromatic N) is 1. The minimum atomic E-state index is 0.752. The molecule has 1 aromatic carbocycles. The van der Waals surface area contributed by atoms with Crippen molar-refractivity contribution < 1.29 is 0 Å². The summed E-state index contributed by atoms with van der Waals surface area (Å²) in [6.07, 6.45) is 2.42. The van der Waals surface area contributed by atoms with Crippen LogP contribution in [-0.2, 0) is 0 Å². The molecule has 0 fully saturated rings. The molecular formula is C14H20N2S2. The third kappa shape index (κ3) is 3.69. The van der Waals surface area contributed by atoms with Crippen molar-refractivity contribution in [3.05, 3.63) is 23.8 Å². The molecule has 2 aromatic rings. The maximum Gasteiger partial charge on any atom is 0.166 e. The van der Waals surface area contributed by atoms with E-state index in [1.807, 2.05) is 11.8 Å². The van der Waals surface area contributed by atoms with Gasteiger partial charge in [-0.2, -0.15) is 12.6 Å². The van der Waals surface area contributed by atoms with E-state index in [0.717, 1.165) is 33.6 Å². The normalized spacial score (nSPS) is 13.1. The lowest BCUT2D eigenvalue weighted by Crippen LogP contribution is -1.97. The molecule has 0 spiro atoms. The van der Waals surface area contributed by atoms with Crippen LogP contribution in [0.2, 0.25) is 0 Å². The van der Waals surface area contributed by atoms with Crippen LogP contribution in [0.15, 0.2) is 23.4 Å². The number of thioether (sulfide) groups is 1. The van der Waals surface area contributed by atoms with Gasteiger partial charge in [-0.15, -0.1) is 0 Å². The predicted molar refractivity (Wildman–Crippen MR) is 83.8 cm³/mol. The SMILES string of the molecule is Cc1ccc2nc(SCCC(C)CCS)[nH]c2c1. The Morgan fingerprint density at radius 2 is 2.22 bits per heavy atom. The minimum Gasteiger partial charge on any atom is -0.333 e. The second-order valence-corrected chi connectivity index (χ2v) is 6.35. The van der Waals surface area contributed by atoms with Crippen molar-refractivity contribution >= 4 is 35.4 Å². The largest absolute Gasteiger partial charge is 0.333 e. The predicted octanol–water partition coefficient (Wildman–Crippen LogP) is 4.31. The molecule has 4 heteroatoms. The van der Waals surface area contributed by atoms with E-state index in [1.54, 1.807) is 0 Å².